The molecule has 51 heavy (non-hydrogen) atoms. The lowest BCUT2D eigenvalue weighted by Crippen LogP contribution is -2.45. The lowest BCUT2D eigenvalue weighted by molar-refractivity contribution is -0.152. The number of benzene rings is 3. The van der Waals surface area contributed by atoms with Gasteiger partial charge in [0.15, 0.2) is 17.4 Å². The molecule has 15 nitrogen and oxygen atoms in total. The Morgan fingerprint density at radius 2 is 1.78 bits per heavy atom. The van der Waals surface area contributed by atoms with Gasteiger partial charge in [0.1, 0.15) is 35.7 Å². The second-order valence-electron chi connectivity index (χ2n) is 12.8. The van der Waals surface area contributed by atoms with Crippen LogP contribution < -0.4 is 20.1 Å². The number of nitrogens with zero attached hydrogens (tertiary/aromatic N) is 4. The quantitative estimate of drug-likeness (QED) is 0.0963. The number of carbonyl (C=O) groups excluding carboxylic acids is 1. The summed E-state index contributed by atoms with van der Waals surface area (Å²) < 4.78 is 45.5. The standard InChI is InChI=1S/C35H41N6O9P/c1-20(2)27(32(43)48-21(3)22-12-7-6-8-13-22)40-51(45,50-25-17-11-15-23-14-9-10-16-24(23)25)47-18-26-29(42)35(4,44)33(49-26)41-19-37-28-30(41)38-34(36)39-31(28)46-5/h6-17,19-21,26-27,29,33,42,44H,18H2,1-5H3,(H,40,45)(H2,36,38,39). The van der Waals surface area contributed by atoms with Gasteiger partial charge in [-0.15, -0.1) is 0 Å². The minimum Gasteiger partial charge on any atom is -0.479 e. The van der Waals surface area contributed by atoms with Gasteiger partial charge in [-0.2, -0.15) is 15.1 Å². The van der Waals surface area contributed by atoms with Crippen LogP contribution in [-0.2, 0) is 23.4 Å². The molecule has 6 rings (SSSR count). The Hall–Kier alpha value is -4.63. The first kappa shape index (κ1) is 36.2. The van der Waals surface area contributed by atoms with Crippen molar-refractivity contribution in [2.45, 2.75) is 63.9 Å². The van der Waals surface area contributed by atoms with E-state index in [1.54, 1.807) is 39.0 Å². The molecule has 3 heterocycles. The molecule has 1 saturated heterocycles. The molecule has 1 aliphatic rings. The first-order valence-electron chi connectivity index (χ1n) is 16.4. The van der Waals surface area contributed by atoms with Gasteiger partial charge in [-0.05, 0) is 36.8 Å². The molecule has 1 aliphatic heterocycles. The van der Waals surface area contributed by atoms with E-state index in [9.17, 15) is 19.6 Å². The second kappa shape index (κ2) is 14.5. The van der Waals surface area contributed by atoms with Gasteiger partial charge in [-0.25, -0.2) is 9.55 Å². The fourth-order valence-corrected chi connectivity index (χ4v) is 7.63. The molecule has 7 unspecified atom stereocenters. The fourth-order valence-electron chi connectivity index (χ4n) is 5.95. The van der Waals surface area contributed by atoms with Crippen LogP contribution in [0.4, 0.5) is 5.95 Å². The van der Waals surface area contributed by atoms with Crippen molar-refractivity contribution in [1.29, 1.82) is 0 Å². The minimum absolute atomic E-state index is 0.104. The van der Waals surface area contributed by atoms with E-state index in [0.717, 1.165) is 10.9 Å². The van der Waals surface area contributed by atoms with Crippen molar-refractivity contribution < 1.29 is 42.8 Å². The third-order valence-electron chi connectivity index (χ3n) is 8.76. The van der Waals surface area contributed by atoms with Gasteiger partial charge in [-0.3, -0.25) is 13.9 Å². The van der Waals surface area contributed by atoms with Crippen LogP contribution in [0.25, 0.3) is 21.9 Å². The van der Waals surface area contributed by atoms with Crippen LogP contribution >= 0.6 is 7.75 Å². The number of nitrogen functional groups attached to an aromatic ring is 1. The number of hydrogen-bond donors (Lipinski definition) is 4. The van der Waals surface area contributed by atoms with Crippen molar-refractivity contribution >= 4 is 41.6 Å². The van der Waals surface area contributed by atoms with E-state index in [0.29, 0.717) is 5.39 Å². The Morgan fingerprint density at radius 1 is 1.08 bits per heavy atom. The van der Waals surface area contributed by atoms with Crippen LogP contribution in [0.2, 0.25) is 0 Å². The molecule has 3 aromatic carbocycles. The van der Waals surface area contributed by atoms with Crippen molar-refractivity contribution in [3.63, 3.8) is 0 Å². The van der Waals surface area contributed by atoms with Crippen molar-refractivity contribution in [2.24, 2.45) is 5.92 Å². The van der Waals surface area contributed by atoms with Gasteiger partial charge in [0.25, 0.3) is 0 Å². The van der Waals surface area contributed by atoms with E-state index in [4.69, 9.17) is 29.0 Å². The summed E-state index contributed by atoms with van der Waals surface area (Å²) in [7, 11) is -3.08. The number of fused-ring (bicyclic) bond motifs is 2. The number of methoxy groups -OCH3 is 1. The number of aliphatic hydroxyl groups excluding tert-OH is 1. The highest BCUT2D eigenvalue weighted by Crippen LogP contribution is 2.49. The van der Waals surface area contributed by atoms with Gasteiger partial charge in [0.2, 0.25) is 11.8 Å². The smallest absolute Gasteiger partial charge is 0.459 e. The van der Waals surface area contributed by atoms with Crippen LogP contribution in [0.3, 0.4) is 0 Å². The highest BCUT2D eigenvalue weighted by atomic mass is 31.2. The summed E-state index contributed by atoms with van der Waals surface area (Å²) >= 11 is 0. The maximum absolute atomic E-state index is 14.8. The second-order valence-corrected chi connectivity index (χ2v) is 14.5. The Kier molecular flexibility index (Phi) is 10.3. The number of aromatic nitrogens is 4. The molecule has 0 aliphatic carbocycles. The number of anilines is 1. The normalized spacial score (nSPS) is 22.9. The van der Waals surface area contributed by atoms with E-state index in [-0.39, 0.29) is 28.7 Å². The van der Waals surface area contributed by atoms with E-state index in [2.05, 4.69) is 20.0 Å². The topological polar surface area (TPSA) is 202 Å². The number of aliphatic hydroxyl groups is 2. The summed E-state index contributed by atoms with van der Waals surface area (Å²) in [6, 6.07) is 20.7. The third-order valence-corrected chi connectivity index (χ3v) is 10.3. The first-order valence-corrected chi connectivity index (χ1v) is 17.9. The molecule has 5 N–H and O–H groups in total. The van der Waals surface area contributed by atoms with Gasteiger partial charge in [0, 0.05) is 5.39 Å². The van der Waals surface area contributed by atoms with Crippen LogP contribution in [-0.4, -0.2) is 73.3 Å². The number of imidazole rings is 1. The highest BCUT2D eigenvalue weighted by molar-refractivity contribution is 7.52. The molecule has 270 valence electrons. The highest BCUT2D eigenvalue weighted by Gasteiger charge is 2.54. The van der Waals surface area contributed by atoms with Crippen LogP contribution in [0, 0.1) is 5.92 Å². The monoisotopic (exact) mass is 720 g/mol. The van der Waals surface area contributed by atoms with Crippen molar-refractivity contribution in [1.82, 2.24) is 24.6 Å². The molecule has 0 spiro atoms. The largest absolute Gasteiger partial charge is 0.479 e. The van der Waals surface area contributed by atoms with Crippen molar-refractivity contribution in [2.75, 3.05) is 19.5 Å². The Balaban J connectivity index is 1.28. The predicted octanol–water partition coefficient (Wildman–Crippen LogP) is 4.70. The maximum Gasteiger partial charge on any atom is 0.459 e. The number of ether oxygens (including phenoxy) is 3. The van der Waals surface area contributed by atoms with Gasteiger partial charge >= 0.3 is 13.7 Å². The summed E-state index contributed by atoms with van der Waals surface area (Å²) in [5.74, 6) is -0.855. The third kappa shape index (κ3) is 7.40. The molecule has 2 aromatic heterocycles. The molecule has 1 fully saturated rings. The van der Waals surface area contributed by atoms with Crippen molar-refractivity contribution in [3.8, 4) is 11.6 Å². The molecule has 0 amide bonds. The summed E-state index contributed by atoms with van der Waals surface area (Å²) in [6.07, 6.45) is -3.28. The van der Waals surface area contributed by atoms with Gasteiger partial charge in [-0.1, -0.05) is 80.6 Å². The Morgan fingerprint density at radius 3 is 2.51 bits per heavy atom. The lowest BCUT2D eigenvalue weighted by atomic mass is 9.96. The Labute approximate surface area is 294 Å². The van der Waals surface area contributed by atoms with E-state index in [1.807, 2.05) is 54.6 Å². The molecule has 7 atom stereocenters. The molecule has 0 saturated carbocycles. The number of nitrogens with two attached hydrogens (primary N) is 1. The summed E-state index contributed by atoms with van der Waals surface area (Å²) in [5.41, 5.74) is 5.19. The van der Waals surface area contributed by atoms with E-state index in [1.165, 1.54) is 24.9 Å². The molecule has 0 bridgehead atoms. The average molecular weight is 721 g/mol. The number of esters is 1. The van der Waals surface area contributed by atoms with Gasteiger partial charge < -0.3 is 34.7 Å². The zero-order chi connectivity index (χ0) is 36.5. The first-order chi connectivity index (χ1) is 24.3. The van der Waals surface area contributed by atoms with Crippen LogP contribution in [0.1, 0.15) is 45.6 Å². The predicted molar refractivity (Wildman–Crippen MR) is 188 cm³/mol. The molecule has 5 aromatic rings. The molecular weight excluding hydrogens is 679 g/mol. The van der Waals surface area contributed by atoms with Crippen LogP contribution in [0.15, 0.2) is 79.1 Å². The van der Waals surface area contributed by atoms with Gasteiger partial charge in [0.05, 0.1) is 20.0 Å². The lowest BCUT2D eigenvalue weighted by Gasteiger charge is -2.29. The van der Waals surface area contributed by atoms with Crippen molar-refractivity contribution in [3.05, 3.63) is 84.7 Å². The summed E-state index contributed by atoms with van der Waals surface area (Å²) in [4.78, 5) is 26.2. The van der Waals surface area contributed by atoms with Crippen LogP contribution in [0.5, 0.6) is 11.6 Å². The summed E-state index contributed by atoms with van der Waals surface area (Å²) in [5, 5.41) is 27.1. The zero-order valence-electron chi connectivity index (χ0n) is 28.7. The Bertz CT molecular complexity index is 2050. The molecule has 0 radical (unpaired) electrons. The zero-order valence-corrected chi connectivity index (χ0v) is 29.6. The fraction of sp³-hybridized carbons (Fsp3) is 0.371. The maximum atomic E-state index is 14.8. The molecule has 16 heteroatoms. The van der Waals surface area contributed by atoms with E-state index < -0.39 is 62.4 Å². The number of rotatable bonds is 13. The minimum atomic E-state index is -4.48. The summed E-state index contributed by atoms with van der Waals surface area (Å²) in [6.45, 7) is 6.12. The average Bonchev–Trinajstić information content (AvgIpc) is 3.62. The molecular formula is C35H41N6O9P. The SMILES string of the molecule is COc1nc(N)nc2c1ncn2C1OC(COP(=O)(NC(C(=O)OC(C)c2ccccc2)C(C)C)Oc2cccc3ccccc23)C(O)C1(C)O. The number of carbonyl (C=O) groups is 1. The van der Waals surface area contributed by atoms with E-state index >= 15 is 0 Å². The number of hydrogen-bond acceptors (Lipinski definition) is 13. The number of nitrogens with one attached hydrogen (secondary N) is 1.